The van der Waals surface area contributed by atoms with Crippen LogP contribution in [0.25, 0.3) is 11.3 Å². The molecular formula is C20H19ClN2O. The number of hydrogen-bond donors (Lipinski definition) is 2. The van der Waals surface area contributed by atoms with E-state index in [-0.39, 0.29) is 12.6 Å². The molecule has 0 aliphatic heterocycles. The van der Waals surface area contributed by atoms with Gasteiger partial charge in [-0.3, -0.25) is 4.98 Å². The zero-order valence-corrected chi connectivity index (χ0v) is 13.9. The normalized spacial score (nSPS) is 12.1. The van der Waals surface area contributed by atoms with E-state index >= 15 is 0 Å². The predicted octanol–water partition coefficient (Wildman–Crippen LogP) is 4.23. The number of aliphatic hydroxyl groups excluding tert-OH is 1. The maximum Gasteiger partial charge on any atom is 0.0702 e. The van der Waals surface area contributed by atoms with Gasteiger partial charge in [0.05, 0.1) is 18.3 Å². The summed E-state index contributed by atoms with van der Waals surface area (Å²) in [6, 6.07) is 21.6. The fourth-order valence-electron chi connectivity index (χ4n) is 2.60. The first-order valence-electron chi connectivity index (χ1n) is 7.86. The summed E-state index contributed by atoms with van der Waals surface area (Å²) in [7, 11) is 0. The predicted molar refractivity (Wildman–Crippen MR) is 97.8 cm³/mol. The molecule has 3 aromatic rings. The molecule has 2 N–H and O–H groups in total. The highest BCUT2D eigenvalue weighted by atomic mass is 35.5. The average Bonchev–Trinajstić information content (AvgIpc) is 2.64. The van der Waals surface area contributed by atoms with Crippen molar-refractivity contribution >= 4 is 11.6 Å². The van der Waals surface area contributed by atoms with Gasteiger partial charge in [-0.2, -0.15) is 0 Å². The molecule has 0 bridgehead atoms. The summed E-state index contributed by atoms with van der Waals surface area (Å²) in [6.07, 6.45) is 1.79. The van der Waals surface area contributed by atoms with E-state index in [1.807, 2.05) is 48.5 Å². The summed E-state index contributed by atoms with van der Waals surface area (Å²) in [5, 5.41) is 13.7. The number of halogens is 1. The quantitative estimate of drug-likeness (QED) is 0.707. The van der Waals surface area contributed by atoms with Crippen molar-refractivity contribution in [3.8, 4) is 11.3 Å². The lowest BCUT2D eigenvalue weighted by Crippen LogP contribution is -2.23. The standard InChI is InChI=1S/C20H19ClN2O/c21-18-9-7-16(8-10-18)20(14-24)23-13-15-4-3-5-17(12-15)19-6-1-2-11-22-19/h1-12,20,23-24H,13-14H2. The first-order chi connectivity index (χ1) is 11.8. The Morgan fingerprint density at radius 3 is 2.54 bits per heavy atom. The van der Waals surface area contributed by atoms with Gasteiger partial charge in [-0.15, -0.1) is 0 Å². The van der Waals surface area contributed by atoms with E-state index < -0.39 is 0 Å². The SMILES string of the molecule is OCC(NCc1cccc(-c2ccccn2)c1)c1ccc(Cl)cc1. The average molecular weight is 339 g/mol. The first-order valence-corrected chi connectivity index (χ1v) is 8.24. The zero-order valence-electron chi connectivity index (χ0n) is 13.2. The minimum atomic E-state index is -0.124. The van der Waals surface area contributed by atoms with Gasteiger partial charge in [0.25, 0.3) is 0 Å². The smallest absolute Gasteiger partial charge is 0.0702 e. The lowest BCUT2D eigenvalue weighted by atomic mass is 10.1. The van der Waals surface area contributed by atoms with Gasteiger partial charge in [0, 0.05) is 23.3 Å². The minimum Gasteiger partial charge on any atom is -0.394 e. The molecule has 24 heavy (non-hydrogen) atoms. The van der Waals surface area contributed by atoms with Crippen LogP contribution in [0.4, 0.5) is 0 Å². The molecule has 1 aromatic heterocycles. The van der Waals surface area contributed by atoms with Gasteiger partial charge in [-0.1, -0.05) is 48.0 Å². The molecule has 0 saturated heterocycles. The van der Waals surface area contributed by atoms with Gasteiger partial charge in [0.1, 0.15) is 0 Å². The fraction of sp³-hybridized carbons (Fsp3) is 0.150. The second kappa shape index (κ2) is 8.06. The van der Waals surface area contributed by atoms with Gasteiger partial charge in [0.15, 0.2) is 0 Å². The summed E-state index contributed by atoms with van der Waals surface area (Å²) in [4.78, 5) is 4.38. The molecule has 0 spiro atoms. The summed E-state index contributed by atoms with van der Waals surface area (Å²) >= 11 is 5.92. The Bertz CT molecular complexity index is 775. The van der Waals surface area contributed by atoms with E-state index in [0.717, 1.165) is 22.4 Å². The van der Waals surface area contributed by atoms with Crippen LogP contribution in [-0.2, 0) is 6.54 Å². The van der Waals surface area contributed by atoms with E-state index in [1.54, 1.807) is 6.20 Å². The Morgan fingerprint density at radius 1 is 1.00 bits per heavy atom. The van der Waals surface area contributed by atoms with Crippen LogP contribution in [0.1, 0.15) is 17.2 Å². The van der Waals surface area contributed by atoms with Gasteiger partial charge < -0.3 is 10.4 Å². The first kappa shape index (κ1) is 16.7. The molecule has 2 aromatic carbocycles. The third-order valence-electron chi connectivity index (χ3n) is 3.90. The minimum absolute atomic E-state index is 0.0293. The van der Waals surface area contributed by atoms with Crippen molar-refractivity contribution in [3.05, 3.63) is 89.1 Å². The van der Waals surface area contributed by atoms with Gasteiger partial charge >= 0.3 is 0 Å². The highest BCUT2D eigenvalue weighted by Crippen LogP contribution is 2.19. The molecule has 1 atom stereocenters. The number of pyridine rings is 1. The molecule has 1 heterocycles. The summed E-state index contributed by atoms with van der Waals surface area (Å²) in [6.45, 7) is 0.691. The highest BCUT2D eigenvalue weighted by molar-refractivity contribution is 6.30. The molecule has 3 rings (SSSR count). The number of nitrogens with one attached hydrogen (secondary N) is 1. The van der Waals surface area contributed by atoms with Crippen LogP contribution in [0.2, 0.25) is 5.02 Å². The lowest BCUT2D eigenvalue weighted by Gasteiger charge is -2.17. The van der Waals surface area contributed by atoms with Crippen LogP contribution in [-0.4, -0.2) is 16.7 Å². The second-order valence-corrected chi connectivity index (χ2v) is 6.02. The Morgan fingerprint density at radius 2 is 1.83 bits per heavy atom. The zero-order chi connectivity index (χ0) is 16.8. The topological polar surface area (TPSA) is 45.1 Å². The van der Waals surface area contributed by atoms with Crippen LogP contribution in [0, 0.1) is 0 Å². The highest BCUT2D eigenvalue weighted by Gasteiger charge is 2.10. The summed E-state index contributed by atoms with van der Waals surface area (Å²) in [5.41, 5.74) is 4.20. The molecule has 3 nitrogen and oxygen atoms in total. The van der Waals surface area contributed by atoms with Crippen molar-refractivity contribution < 1.29 is 5.11 Å². The largest absolute Gasteiger partial charge is 0.394 e. The number of rotatable bonds is 6. The van der Waals surface area contributed by atoms with Gasteiger partial charge in [0.2, 0.25) is 0 Å². The molecule has 0 radical (unpaired) electrons. The van der Waals surface area contributed by atoms with E-state index in [0.29, 0.717) is 11.6 Å². The molecule has 1 unspecified atom stereocenters. The number of hydrogen-bond acceptors (Lipinski definition) is 3. The van der Waals surface area contributed by atoms with Crippen molar-refractivity contribution in [1.29, 1.82) is 0 Å². The molecule has 4 heteroatoms. The van der Waals surface area contributed by atoms with Gasteiger partial charge in [-0.25, -0.2) is 0 Å². The van der Waals surface area contributed by atoms with Crippen molar-refractivity contribution in [2.45, 2.75) is 12.6 Å². The van der Waals surface area contributed by atoms with Crippen LogP contribution >= 0.6 is 11.6 Å². The number of benzene rings is 2. The number of nitrogens with zero attached hydrogens (tertiary/aromatic N) is 1. The Kier molecular flexibility index (Phi) is 5.59. The third kappa shape index (κ3) is 4.20. The van der Waals surface area contributed by atoms with E-state index in [1.165, 1.54) is 0 Å². The fourth-order valence-corrected chi connectivity index (χ4v) is 2.72. The monoisotopic (exact) mass is 338 g/mol. The lowest BCUT2D eigenvalue weighted by molar-refractivity contribution is 0.243. The molecule has 0 aliphatic rings. The van der Waals surface area contributed by atoms with E-state index in [2.05, 4.69) is 28.5 Å². The van der Waals surface area contributed by atoms with Crippen LogP contribution in [0.3, 0.4) is 0 Å². The van der Waals surface area contributed by atoms with E-state index in [4.69, 9.17) is 11.6 Å². The van der Waals surface area contributed by atoms with Crippen molar-refractivity contribution in [3.63, 3.8) is 0 Å². The van der Waals surface area contributed by atoms with Crippen molar-refractivity contribution in [2.24, 2.45) is 0 Å². The molecule has 0 fully saturated rings. The number of aromatic nitrogens is 1. The molecule has 122 valence electrons. The van der Waals surface area contributed by atoms with Crippen LogP contribution in [0.15, 0.2) is 72.9 Å². The van der Waals surface area contributed by atoms with Crippen LogP contribution in [0.5, 0.6) is 0 Å². The molecule has 0 saturated carbocycles. The Hall–Kier alpha value is -2.20. The van der Waals surface area contributed by atoms with Gasteiger partial charge in [-0.05, 0) is 41.5 Å². The Labute approximate surface area is 147 Å². The molecule has 0 aliphatic carbocycles. The van der Waals surface area contributed by atoms with Crippen molar-refractivity contribution in [1.82, 2.24) is 10.3 Å². The number of aliphatic hydroxyl groups is 1. The maximum atomic E-state index is 9.65. The van der Waals surface area contributed by atoms with Crippen molar-refractivity contribution in [2.75, 3.05) is 6.61 Å². The van der Waals surface area contributed by atoms with E-state index in [9.17, 15) is 5.11 Å². The Balaban J connectivity index is 1.70. The molecule has 0 amide bonds. The van der Waals surface area contributed by atoms with Crippen LogP contribution < -0.4 is 5.32 Å². The second-order valence-electron chi connectivity index (χ2n) is 5.58. The molecular weight excluding hydrogens is 320 g/mol. The summed E-state index contributed by atoms with van der Waals surface area (Å²) < 4.78 is 0. The third-order valence-corrected chi connectivity index (χ3v) is 4.15. The summed E-state index contributed by atoms with van der Waals surface area (Å²) in [5.74, 6) is 0. The maximum absolute atomic E-state index is 9.65.